The summed E-state index contributed by atoms with van der Waals surface area (Å²) in [6.45, 7) is 6.06. The van der Waals surface area contributed by atoms with Crippen LogP contribution in [0.15, 0.2) is 41.3 Å². The SMILES string of the molecule is CC(=C(F)c1ccc(C(=O)O)cc1O)c1ccc2c(c1)C(C)(C)CCS2. The van der Waals surface area contributed by atoms with E-state index in [4.69, 9.17) is 5.11 Å². The first-order valence-corrected chi connectivity index (χ1v) is 9.40. The van der Waals surface area contributed by atoms with Gasteiger partial charge < -0.3 is 10.2 Å². The van der Waals surface area contributed by atoms with Crippen LogP contribution in [0.5, 0.6) is 5.75 Å². The van der Waals surface area contributed by atoms with E-state index in [1.54, 1.807) is 6.92 Å². The number of hydrogen-bond acceptors (Lipinski definition) is 3. The summed E-state index contributed by atoms with van der Waals surface area (Å²) >= 11 is 1.82. The normalized spacial score (nSPS) is 16.6. The van der Waals surface area contributed by atoms with Crippen LogP contribution >= 0.6 is 11.8 Å². The van der Waals surface area contributed by atoms with Gasteiger partial charge in [-0.15, -0.1) is 11.8 Å². The monoisotopic (exact) mass is 372 g/mol. The highest BCUT2D eigenvalue weighted by molar-refractivity contribution is 7.99. The summed E-state index contributed by atoms with van der Waals surface area (Å²) in [7, 11) is 0. The maximum Gasteiger partial charge on any atom is 0.335 e. The highest BCUT2D eigenvalue weighted by atomic mass is 32.2. The number of carbonyl (C=O) groups is 1. The molecule has 0 amide bonds. The van der Waals surface area contributed by atoms with Gasteiger partial charge >= 0.3 is 5.97 Å². The Balaban J connectivity index is 2.05. The first kappa shape index (κ1) is 18.5. The third-order valence-electron chi connectivity index (χ3n) is 4.94. The van der Waals surface area contributed by atoms with Crippen molar-refractivity contribution in [3.63, 3.8) is 0 Å². The molecule has 1 aliphatic rings. The Labute approximate surface area is 156 Å². The first-order chi connectivity index (χ1) is 12.2. The van der Waals surface area contributed by atoms with Crippen molar-refractivity contribution < 1.29 is 19.4 Å². The molecule has 0 spiro atoms. The lowest BCUT2D eigenvalue weighted by molar-refractivity contribution is 0.0696. The molecule has 1 aliphatic heterocycles. The summed E-state index contributed by atoms with van der Waals surface area (Å²) in [5.41, 5.74) is 2.35. The smallest absolute Gasteiger partial charge is 0.335 e. The van der Waals surface area contributed by atoms with Crippen molar-refractivity contribution >= 4 is 29.1 Å². The highest BCUT2D eigenvalue weighted by Crippen LogP contribution is 2.43. The fourth-order valence-electron chi connectivity index (χ4n) is 3.15. The largest absolute Gasteiger partial charge is 0.507 e. The second-order valence-electron chi connectivity index (χ2n) is 7.17. The number of phenols is 1. The lowest BCUT2D eigenvalue weighted by Gasteiger charge is -2.32. The number of carboxylic acids is 1. The van der Waals surface area contributed by atoms with Crippen molar-refractivity contribution in [3.05, 3.63) is 58.7 Å². The number of benzene rings is 2. The molecule has 0 aliphatic carbocycles. The Morgan fingerprint density at radius 1 is 1.15 bits per heavy atom. The fourth-order valence-corrected chi connectivity index (χ4v) is 4.64. The second-order valence-corrected chi connectivity index (χ2v) is 8.31. The molecule has 2 N–H and O–H groups in total. The van der Waals surface area contributed by atoms with Crippen LogP contribution in [0.4, 0.5) is 4.39 Å². The molecule has 0 aromatic heterocycles. The van der Waals surface area contributed by atoms with Crippen molar-refractivity contribution in [1.29, 1.82) is 0 Å². The van der Waals surface area contributed by atoms with Crippen LogP contribution in [-0.4, -0.2) is 21.9 Å². The van der Waals surface area contributed by atoms with Crippen molar-refractivity contribution in [2.24, 2.45) is 0 Å². The molecule has 2 aromatic carbocycles. The van der Waals surface area contributed by atoms with Crippen LogP contribution in [-0.2, 0) is 5.41 Å². The van der Waals surface area contributed by atoms with Crippen molar-refractivity contribution in [3.8, 4) is 5.75 Å². The maximum atomic E-state index is 15.0. The Morgan fingerprint density at radius 3 is 2.50 bits per heavy atom. The van der Waals surface area contributed by atoms with Crippen LogP contribution < -0.4 is 0 Å². The molecule has 0 fully saturated rings. The van der Waals surface area contributed by atoms with Crippen LogP contribution in [0, 0.1) is 0 Å². The number of phenolic OH excluding ortho intramolecular Hbond substituents is 1. The van der Waals surface area contributed by atoms with E-state index in [1.165, 1.54) is 22.6 Å². The highest BCUT2D eigenvalue weighted by Gasteiger charge is 2.28. The topological polar surface area (TPSA) is 57.5 Å². The predicted molar refractivity (Wildman–Crippen MR) is 103 cm³/mol. The van der Waals surface area contributed by atoms with Crippen molar-refractivity contribution in [1.82, 2.24) is 0 Å². The Bertz CT molecular complexity index is 915. The fraction of sp³-hybridized carbons (Fsp3) is 0.286. The zero-order valence-corrected chi connectivity index (χ0v) is 15.8. The van der Waals surface area contributed by atoms with Gasteiger partial charge in [-0.3, -0.25) is 0 Å². The third kappa shape index (κ3) is 3.36. The molecule has 0 bridgehead atoms. The molecule has 1 heterocycles. The van der Waals surface area contributed by atoms with E-state index in [0.717, 1.165) is 23.8 Å². The minimum Gasteiger partial charge on any atom is -0.507 e. The standard InChI is InChI=1S/C21H21FO3S/c1-12(19(22)15-6-4-14(20(24)25)11-17(15)23)13-5-7-18-16(10-13)21(2,3)8-9-26-18/h4-7,10-11,23H,8-9H2,1-3H3,(H,24,25). The molecule has 3 rings (SSSR count). The van der Waals surface area contributed by atoms with Crippen LogP contribution in [0.1, 0.15) is 54.2 Å². The summed E-state index contributed by atoms with van der Waals surface area (Å²) in [4.78, 5) is 12.2. The molecule has 0 radical (unpaired) electrons. The summed E-state index contributed by atoms with van der Waals surface area (Å²) in [6, 6.07) is 9.61. The second kappa shape index (κ2) is 6.80. The number of carboxylic acid groups (broad SMARTS) is 1. The number of aromatic carboxylic acids is 1. The van der Waals surface area contributed by atoms with Gasteiger partial charge in [0.1, 0.15) is 11.6 Å². The number of fused-ring (bicyclic) bond motifs is 1. The number of thioether (sulfide) groups is 1. The molecule has 0 unspecified atom stereocenters. The van der Waals surface area contributed by atoms with E-state index in [1.807, 2.05) is 30.0 Å². The van der Waals surface area contributed by atoms with E-state index in [2.05, 4.69) is 13.8 Å². The van der Waals surface area contributed by atoms with Gasteiger partial charge in [-0.25, -0.2) is 9.18 Å². The summed E-state index contributed by atoms with van der Waals surface area (Å²) < 4.78 is 15.0. The Kier molecular flexibility index (Phi) is 4.84. The third-order valence-corrected chi connectivity index (χ3v) is 6.01. The van der Waals surface area contributed by atoms with Crippen LogP contribution in [0.3, 0.4) is 0 Å². The van der Waals surface area contributed by atoms with E-state index < -0.39 is 11.8 Å². The maximum absolute atomic E-state index is 15.0. The lowest BCUT2D eigenvalue weighted by atomic mass is 9.80. The lowest BCUT2D eigenvalue weighted by Crippen LogP contribution is -2.22. The molecular weight excluding hydrogens is 351 g/mol. The molecule has 0 saturated heterocycles. The number of hydrogen-bond donors (Lipinski definition) is 2. The predicted octanol–water partition coefficient (Wildman–Crippen LogP) is 5.72. The molecule has 136 valence electrons. The zero-order valence-electron chi connectivity index (χ0n) is 15.0. The van der Waals surface area contributed by atoms with Gasteiger partial charge in [-0.1, -0.05) is 19.9 Å². The van der Waals surface area contributed by atoms with Gasteiger partial charge in [0.2, 0.25) is 0 Å². The van der Waals surface area contributed by atoms with Gasteiger partial charge in [0.05, 0.1) is 11.1 Å². The molecule has 5 heteroatoms. The summed E-state index contributed by atoms with van der Waals surface area (Å²) in [5.74, 6) is -1.02. The van der Waals surface area contributed by atoms with Gasteiger partial charge in [0, 0.05) is 4.90 Å². The van der Waals surface area contributed by atoms with Crippen LogP contribution in [0.25, 0.3) is 11.4 Å². The van der Waals surface area contributed by atoms with Gasteiger partial charge in [-0.05, 0) is 71.5 Å². The Hall–Kier alpha value is -2.27. The zero-order chi connectivity index (χ0) is 19.1. The van der Waals surface area contributed by atoms with Gasteiger partial charge in [0.25, 0.3) is 0 Å². The van der Waals surface area contributed by atoms with Crippen LogP contribution in [0.2, 0.25) is 0 Å². The number of rotatable bonds is 3. The van der Waals surface area contributed by atoms with Gasteiger partial charge in [-0.2, -0.15) is 0 Å². The minimum atomic E-state index is -1.16. The molecule has 0 saturated carbocycles. The molecule has 26 heavy (non-hydrogen) atoms. The molecule has 0 atom stereocenters. The average Bonchev–Trinajstić information content (AvgIpc) is 2.60. The Morgan fingerprint density at radius 2 is 1.85 bits per heavy atom. The quantitative estimate of drug-likeness (QED) is 0.677. The van der Waals surface area contributed by atoms with E-state index >= 15 is 0 Å². The summed E-state index contributed by atoms with van der Waals surface area (Å²) in [6.07, 6.45) is 1.07. The molecule has 2 aromatic rings. The van der Waals surface area contributed by atoms with E-state index in [-0.39, 0.29) is 22.3 Å². The molecular formula is C21H21FO3S. The molecule has 3 nitrogen and oxygen atoms in total. The summed E-state index contributed by atoms with van der Waals surface area (Å²) in [5, 5.41) is 19.0. The number of aromatic hydroxyl groups is 1. The number of halogens is 1. The minimum absolute atomic E-state index is 0.00106. The van der Waals surface area contributed by atoms with E-state index in [0.29, 0.717) is 5.57 Å². The van der Waals surface area contributed by atoms with E-state index in [9.17, 15) is 14.3 Å². The first-order valence-electron chi connectivity index (χ1n) is 8.41. The van der Waals surface area contributed by atoms with Crippen molar-refractivity contribution in [2.75, 3.05) is 5.75 Å². The van der Waals surface area contributed by atoms with Gasteiger partial charge in [0.15, 0.2) is 0 Å². The average molecular weight is 372 g/mol. The number of allylic oxidation sites excluding steroid dienone is 1. The van der Waals surface area contributed by atoms with Crippen molar-refractivity contribution in [2.45, 2.75) is 37.5 Å².